The largest absolute Gasteiger partial charge is 0.497 e. The highest BCUT2D eigenvalue weighted by Crippen LogP contribution is 2.47. The number of likely N-dealkylation sites (tertiary alicyclic amines) is 1. The number of guanidine groups is 1. The first-order chi connectivity index (χ1) is 12.6. The Labute approximate surface area is 181 Å². The van der Waals surface area contributed by atoms with E-state index in [1.54, 1.807) is 7.11 Å². The van der Waals surface area contributed by atoms with Crippen molar-refractivity contribution < 1.29 is 4.74 Å². The molecule has 1 atom stereocenters. The van der Waals surface area contributed by atoms with Gasteiger partial charge in [0.1, 0.15) is 5.75 Å². The van der Waals surface area contributed by atoms with Crippen LogP contribution in [0.1, 0.15) is 44.2 Å². The third-order valence-corrected chi connectivity index (χ3v) is 6.00. The molecule has 27 heavy (non-hydrogen) atoms. The van der Waals surface area contributed by atoms with Gasteiger partial charge >= 0.3 is 0 Å². The molecule has 1 saturated heterocycles. The minimum Gasteiger partial charge on any atom is -0.497 e. The van der Waals surface area contributed by atoms with Crippen LogP contribution in [0.25, 0.3) is 0 Å². The van der Waals surface area contributed by atoms with E-state index in [9.17, 15) is 0 Å². The Hall–Kier alpha value is -1.02. The molecule has 1 aromatic carbocycles. The fourth-order valence-corrected chi connectivity index (χ4v) is 4.22. The van der Waals surface area contributed by atoms with Gasteiger partial charge in [0.15, 0.2) is 5.96 Å². The van der Waals surface area contributed by atoms with Gasteiger partial charge in [-0.15, -0.1) is 24.0 Å². The zero-order chi connectivity index (χ0) is 18.6. The molecule has 6 heteroatoms. The second-order valence-electron chi connectivity index (χ2n) is 7.98. The maximum absolute atomic E-state index is 5.40. The average molecular weight is 486 g/mol. The van der Waals surface area contributed by atoms with E-state index in [4.69, 9.17) is 9.73 Å². The van der Waals surface area contributed by atoms with Crippen LogP contribution in [-0.4, -0.2) is 63.1 Å². The molecule has 152 valence electrons. The summed E-state index contributed by atoms with van der Waals surface area (Å²) in [5, 5.41) is 3.51. The van der Waals surface area contributed by atoms with Crippen molar-refractivity contribution in [2.24, 2.45) is 10.4 Å². The van der Waals surface area contributed by atoms with Gasteiger partial charge in [-0.3, -0.25) is 4.99 Å². The molecule has 1 aliphatic heterocycles. The van der Waals surface area contributed by atoms with Crippen LogP contribution in [0, 0.1) is 5.41 Å². The summed E-state index contributed by atoms with van der Waals surface area (Å²) in [6, 6.07) is 8.56. The van der Waals surface area contributed by atoms with Crippen LogP contribution in [-0.2, 0) is 0 Å². The van der Waals surface area contributed by atoms with Crippen LogP contribution in [0.5, 0.6) is 5.75 Å². The van der Waals surface area contributed by atoms with Crippen LogP contribution in [0.4, 0.5) is 0 Å². The maximum atomic E-state index is 5.40. The van der Waals surface area contributed by atoms with Gasteiger partial charge in [0.25, 0.3) is 0 Å². The Morgan fingerprint density at radius 1 is 1.33 bits per heavy atom. The third-order valence-electron chi connectivity index (χ3n) is 6.00. The summed E-state index contributed by atoms with van der Waals surface area (Å²) in [6.07, 6.45) is 5.52. The molecule has 5 nitrogen and oxygen atoms in total. The van der Waals surface area contributed by atoms with Crippen molar-refractivity contribution in [3.8, 4) is 5.75 Å². The second kappa shape index (κ2) is 9.96. The highest BCUT2D eigenvalue weighted by Gasteiger charge is 2.43. The van der Waals surface area contributed by atoms with Crippen LogP contribution in [0.2, 0.25) is 0 Å². The molecule has 0 aromatic heterocycles. The fraction of sp³-hybridized carbons (Fsp3) is 0.667. The number of likely N-dealkylation sites (N-methyl/N-ethyl adjacent to an activating group) is 1. The van der Waals surface area contributed by atoms with E-state index in [2.05, 4.69) is 54.3 Å². The van der Waals surface area contributed by atoms with E-state index in [-0.39, 0.29) is 30.0 Å². The predicted octanol–water partition coefficient (Wildman–Crippen LogP) is 3.76. The number of nitrogens with one attached hydrogen (secondary N) is 1. The fourth-order valence-electron chi connectivity index (χ4n) is 4.22. The second-order valence-corrected chi connectivity index (χ2v) is 7.98. The van der Waals surface area contributed by atoms with Gasteiger partial charge in [-0.05, 0) is 63.4 Å². The third kappa shape index (κ3) is 5.28. The van der Waals surface area contributed by atoms with Gasteiger partial charge in [-0.1, -0.05) is 18.6 Å². The molecule has 2 fully saturated rings. The van der Waals surface area contributed by atoms with Crippen molar-refractivity contribution in [1.29, 1.82) is 0 Å². The molecule has 3 rings (SSSR count). The zero-order valence-electron chi connectivity index (χ0n) is 17.2. The number of nitrogens with zero attached hydrogens (tertiary/aromatic N) is 3. The molecule has 0 radical (unpaired) electrons. The molecule has 1 spiro atoms. The van der Waals surface area contributed by atoms with Crippen LogP contribution in [0.15, 0.2) is 29.3 Å². The predicted molar refractivity (Wildman–Crippen MR) is 123 cm³/mol. The summed E-state index contributed by atoms with van der Waals surface area (Å²) in [6.45, 7) is 6.11. The minimum atomic E-state index is 0. The van der Waals surface area contributed by atoms with Gasteiger partial charge in [-0.2, -0.15) is 0 Å². The number of halogens is 1. The molecule has 1 N–H and O–H groups in total. The van der Waals surface area contributed by atoms with E-state index >= 15 is 0 Å². The molecule has 1 aromatic rings. The quantitative estimate of drug-likeness (QED) is 0.378. The van der Waals surface area contributed by atoms with Gasteiger partial charge in [0, 0.05) is 19.6 Å². The Kier molecular flexibility index (Phi) is 8.21. The van der Waals surface area contributed by atoms with E-state index in [0.29, 0.717) is 5.41 Å². The number of rotatable bonds is 6. The Bertz CT molecular complexity index is 630. The highest BCUT2D eigenvalue weighted by atomic mass is 127. The van der Waals surface area contributed by atoms with Gasteiger partial charge in [-0.25, -0.2) is 0 Å². The van der Waals surface area contributed by atoms with Gasteiger partial charge < -0.3 is 19.9 Å². The number of ether oxygens (including phenoxy) is 1. The first kappa shape index (κ1) is 22.3. The molecular weight excluding hydrogens is 451 g/mol. The monoisotopic (exact) mass is 486 g/mol. The van der Waals surface area contributed by atoms with Crippen LogP contribution in [0.3, 0.4) is 0 Å². The first-order valence-electron chi connectivity index (χ1n) is 9.90. The van der Waals surface area contributed by atoms with E-state index in [0.717, 1.165) is 31.3 Å². The van der Waals surface area contributed by atoms with Gasteiger partial charge in [0.05, 0.1) is 19.7 Å². The Morgan fingerprint density at radius 3 is 2.67 bits per heavy atom. The van der Waals surface area contributed by atoms with Crippen molar-refractivity contribution in [3.05, 3.63) is 29.8 Å². The van der Waals surface area contributed by atoms with Crippen molar-refractivity contribution >= 4 is 29.9 Å². The molecule has 1 unspecified atom stereocenters. The molecule has 1 heterocycles. The van der Waals surface area contributed by atoms with Crippen LogP contribution >= 0.6 is 24.0 Å². The zero-order valence-corrected chi connectivity index (χ0v) is 19.5. The summed E-state index contributed by atoms with van der Waals surface area (Å²) >= 11 is 0. The topological polar surface area (TPSA) is 40.1 Å². The summed E-state index contributed by atoms with van der Waals surface area (Å²) in [4.78, 5) is 9.73. The standard InChI is InChI=1S/C21H34N4O.HI/c1-5-22-20(25-13-12-21(16-25)10-7-11-21)23-15-19(24(2)3)17-8-6-9-18(14-17)26-4;/h6,8-9,14,19H,5,7,10-13,15-16H2,1-4H3,(H,22,23);1H. The summed E-state index contributed by atoms with van der Waals surface area (Å²) in [5.74, 6) is 1.97. The molecule has 0 amide bonds. The molecule has 1 aliphatic carbocycles. The van der Waals surface area contributed by atoms with Crippen LogP contribution < -0.4 is 10.1 Å². The summed E-state index contributed by atoms with van der Waals surface area (Å²) < 4.78 is 5.40. The lowest BCUT2D eigenvalue weighted by Gasteiger charge is -2.38. The lowest BCUT2D eigenvalue weighted by Crippen LogP contribution is -2.43. The Balaban J connectivity index is 0.00000261. The Morgan fingerprint density at radius 2 is 2.11 bits per heavy atom. The van der Waals surface area contributed by atoms with E-state index < -0.39 is 0 Å². The van der Waals surface area contributed by atoms with Crippen molar-refractivity contribution in [1.82, 2.24) is 15.1 Å². The lowest BCUT2D eigenvalue weighted by atomic mass is 9.68. The number of hydrogen-bond acceptors (Lipinski definition) is 3. The smallest absolute Gasteiger partial charge is 0.194 e. The number of methoxy groups -OCH3 is 1. The van der Waals surface area contributed by atoms with E-state index in [1.807, 2.05) is 6.07 Å². The average Bonchev–Trinajstić information content (AvgIpc) is 3.07. The van der Waals surface area contributed by atoms with Crippen molar-refractivity contribution in [3.63, 3.8) is 0 Å². The highest BCUT2D eigenvalue weighted by molar-refractivity contribution is 14.0. The lowest BCUT2D eigenvalue weighted by molar-refractivity contribution is 0.151. The summed E-state index contributed by atoms with van der Waals surface area (Å²) in [7, 11) is 5.95. The van der Waals surface area contributed by atoms with E-state index in [1.165, 1.54) is 37.8 Å². The SMILES string of the molecule is CCNC(=NCC(c1cccc(OC)c1)N(C)C)N1CCC2(CCC2)C1.I. The normalized spacial score (nSPS) is 19.6. The number of hydrogen-bond donors (Lipinski definition) is 1. The maximum Gasteiger partial charge on any atom is 0.194 e. The van der Waals surface area contributed by atoms with Gasteiger partial charge in [0.2, 0.25) is 0 Å². The van der Waals surface area contributed by atoms with Crippen molar-refractivity contribution in [2.75, 3.05) is 47.4 Å². The molecule has 0 bridgehead atoms. The van der Waals surface area contributed by atoms with Crippen molar-refractivity contribution in [2.45, 2.75) is 38.6 Å². The summed E-state index contributed by atoms with van der Waals surface area (Å²) in [5.41, 5.74) is 1.83. The molecule has 2 aliphatic rings. The molecular formula is C21H35IN4O. The number of benzene rings is 1. The number of aliphatic imine (C=N–C) groups is 1. The first-order valence-corrected chi connectivity index (χ1v) is 9.90. The minimum absolute atomic E-state index is 0. The molecule has 1 saturated carbocycles.